The fraction of sp³-hybridized carbons (Fsp3) is 0.300. The summed E-state index contributed by atoms with van der Waals surface area (Å²) in [6, 6.07) is 14.8. The summed E-state index contributed by atoms with van der Waals surface area (Å²) in [5.41, 5.74) is 1.81. The van der Waals surface area contributed by atoms with Crippen LogP contribution in [0, 0.1) is 6.92 Å². The van der Waals surface area contributed by atoms with Gasteiger partial charge in [0.25, 0.3) is 0 Å². The smallest absolute Gasteiger partial charge is 0.328 e. The van der Waals surface area contributed by atoms with Crippen LogP contribution in [0.1, 0.15) is 17.5 Å². The Bertz CT molecular complexity index is 876. The van der Waals surface area contributed by atoms with E-state index in [4.69, 9.17) is 4.74 Å². The number of aryl methyl sites for hydroxylation is 1. The molecule has 0 aromatic heterocycles. The van der Waals surface area contributed by atoms with Gasteiger partial charge >= 0.3 is 5.97 Å². The van der Waals surface area contributed by atoms with Crippen LogP contribution in [0.15, 0.2) is 59.5 Å². The molecule has 0 radical (unpaired) electrons. The van der Waals surface area contributed by atoms with E-state index < -0.39 is 27.8 Å². The number of hydrogen-bond donors (Lipinski definition) is 1. The molecule has 0 saturated carbocycles. The SMILES string of the molecule is COC(=O)[C@H](Cc1ccccc1)NC(=O)CCS(=O)(=O)c1ccc(C)cc1. The summed E-state index contributed by atoms with van der Waals surface area (Å²) >= 11 is 0. The topological polar surface area (TPSA) is 89.5 Å². The molecule has 6 nitrogen and oxygen atoms in total. The maximum Gasteiger partial charge on any atom is 0.328 e. The molecular weight excluding hydrogens is 366 g/mol. The Morgan fingerprint density at radius 2 is 1.67 bits per heavy atom. The summed E-state index contributed by atoms with van der Waals surface area (Å²) in [6.07, 6.45) is 0.0302. The first-order chi connectivity index (χ1) is 12.8. The van der Waals surface area contributed by atoms with Crippen LogP contribution in [0.25, 0.3) is 0 Å². The first-order valence-corrected chi connectivity index (χ1v) is 10.2. The van der Waals surface area contributed by atoms with Gasteiger partial charge in [-0.1, -0.05) is 48.0 Å². The molecule has 0 bridgehead atoms. The molecule has 0 aliphatic carbocycles. The Labute approximate surface area is 159 Å². The minimum absolute atomic E-state index is 0.176. The minimum Gasteiger partial charge on any atom is -0.467 e. The second-order valence-corrected chi connectivity index (χ2v) is 8.32. The molecule has 1 amide bonds. The van der Waals surface area contributed by atoms with E-state index in [0.29, 0.717) is 0 Å². The van der Waals surface area contributed by atoms with Crippen molar-refractivity contribution in [2.24, 2.45) is 0 Å². The van der Waals surface area contributed by atoms with Gasteiger partial charge in [-0.25, -0.2) is 13.2 Å². The first-order valence-electron chi connectivity index (χ1n) is 8.52. The highest BCUT2D eigenvalue weighted by Gasteiger charge is 2.23. The van der Waals surface area contributed by atoms with Gasteiger partial charge in [0.2, 0.25) is 5.91 Å². The molecule has 2 rings (SSSR count). The van der Waals surface area contributed by atoms with Crippen LogP contribution in [0.2, 0.25) is 0 Å². The number of ether oxygens (including phenoxy) is 1. The molecule has 1 atom stereocenters. The average molecular weight is 389 g/mol. The Morgan fingerprint density at radius 3 is 2.26 bits per heavy atom. The Morgan fingerprint density at radius 1 is 1.04 bits per heavy atom. The summed E-state index contributed by atoms with van der Waals surface area (Å²) < 4.78 is 29.4. The van der Waals surface area contributed by atoms with Crippen molar-refractivity contribution in [3.8, 4) is 0 Å². The number of carbonyl (C=O) groups excluding carboxylic acids is 2. The number of esters is 1. The van der Waals surface area contributed by atoms with Crippen LogP contribution in [0.5, 0.6) is 0 Å². The molecule has 0 spiro atoms. The Hall–Kier alpha value is -2.67. The molecule has 0 aliphatic rings. The summed E-state index contributed by atoms with van der Waals surface area (Å²) in [4.78, 5) is 24.3. The minimum atomic E-state index is -3.57. The van der Waals surface area contributed by atoms with Gasteiger partial charge in [0.15, 0.2) is 9.84 Å². The van der Waals surface area contributed by atoms with E-state index in [9.17, 15) is 18.0 Å². The molecule has 27 heavy (non-hydrogen) atoms. The highest BCUT2D eigenvalue weighted by atomic mass is 32.2. The van der Waals surface area contributed by atoms with Crippen molar-refractivity contribution in [1.29, 1.82) is 0 Å². The lowest BCUT2D eigenvalue weighted by atomic mass is 10.1. The van der Waals surface area contributed by atoms with Crippen molar-refractivity contribution in [3.63, 3.8) is 0 Å². The van der Waals surface area contributed by atoms with Crippen LogP contribution >= 0.6 is 0 Å². The van der Waals surface area contributed by atoms with E-state index in [1.165, 1.54) is 19.2 Å². The maximum atomic E-state index is 12.3. The number of benzene rings is 2. The molecule has 1 N–H and O–H groups in total. The molecule has 7 heteroatoms. The van der Waals surface area contributed by atoms with Crippen molar-refractivity contribution < 1.29 is 22.7 Å². The summed E-state index contributed by atoms with van der Waals surface area (Å²) in [6.45, 7) is 1.86. The van der Waals surface area contributed by atoms with Crippen LogP contribution < -0.4 is 5.32 Å². The maximum absolute atomic E-state index is 12.3. The lowest BCUT2D eigenvalue weighted by Crippen LogP contribution is -2.43. The fourth-order valence-electron chi connectivity index (χ4n) is 2.54. The van der Waals surface area contributed by atoms with Crippen molar-refractivity contribution >= 4 is 21.7 Å². The third-order valence-electron chi connectivity index (χ3n) is 4.08. The Balaban J connectivity index is 1.98. The van der Waals surface area contributed by atoms with Crippen molar-refractivity contribution in [1.82, 2.24) is 5.32 Å². The quantitative estimate of drug-likeness (QED) is 0.698. The van der Waals surface area contributed by atoms with E-state index in [1.54, 1.807) is 12.1 Å². The van der Waals surface area contributed by atoms with E-state index in [1.807, 2.05) is 37.3 Å². The molecule has 0 fully saturated rings. The monoisotopic (exact) mass is 389 g/mol. The summed E-state index contributed by atoms with van der Waals surface area (Å²) in [7, 11) is -2.33. The van der Waals surface area contributed by atoms with Gasteiger partial charge in [-0.2, -0.15) is 0 Å². The number of carbonyl (C=O) groups is 2. The second kappa shape index (κ2) is 9.32. The molecule has 0 aliphatic heterocycles. The predicted molar refractivity (Wildman–Crippen MR) is 102 cm³/mol. The van der Waals surface area contributed by atoms with Crippen LogP contribution in [-0.4, -0.2) is 39.2 Å². The van der Waals surface area contributed by atoms with E-state index in [0.717, 1.165) is 11.1 Å². The van der Waals surface area contributed by atoms with E-state index in [2.05, 4.69) is 5.32 Å². The number of sulfone groups is 1. The largest absolute Gasteiger partial charge is 0.467 e. The molecule has 0 saturated heterocycles. The van der Waals surface area contributed by atoms with Crippen LogP contribution in [-0.2, 0) is 30.6 Å². The van der Waals surface area contributed by atoms with Gasteiger partial charge in [0.05, 0.1) is 17.8 Å². The van der Waals surface area contributed by atoms with Gasteiger partial charge in [-0.05, 0) is 24.6 Å². The number of rotatable bonds is 8. The number of amides is 1. The standard InChI is InChI=1S/C20H23NO5S/c1-15-8-10-17(11-9-15)27(24,25)13-12-19(22)21-18(20(23)26-2)14-16-6-4-3-5-7-16/h3-11,18H,12-14H2,1-2H3,(H,21,22)/t18-/m0/s1. The van der Waals surface area contributed by atoms with Crippen molar-refractivity contribution in [2.45, 2.75) is 30.7 Å². The second-order valence-electron chi connectivity index (χ2n) is 6.21. The molecule has 0 heterocycles. The average Bonchev–Trinajstić information content (AvgIpc) is 2.66. The zero-order valence-corrected chi connectivity index (χ0v) is 16.2. The predicted octanol–water partition coefficient (Wildman–Crippen LogP) is 2.06. The fourth-order valence-corrected chi connectivity index (χ4v) is 3.78. The van der Waals surface area contributed by atoms with Crippen molar-refractivity contribution in [2.75, 3.05) is 12.9 Å². The lowest BCUT2D eigenvalue weighted by Gasteiger charge is -2.16. The molecule has 2 aromatic carbocycles. The molecular formula is C20H23NO5S. The number of methoxy groups -OCH3 is 1. The van der Waals surface area contributed by atoms with E-state index in [-0.39, 0.29) is 23.5 Å². The highest BCUT2D eigenvalue weighted by molar-refractivity contribution is 7.91. The molecule has 144 valence electrons. The zero-order chi connectivity index (χ0) is 19.9. The van der Waals surface area contributed by atoms with Gasteiger partial charge < -0.3 is 10.1 Å². The lowest BCUT2D eigenvalue weighted by molar-refractivity contribution is -0.145. The third kappa shape index (κ3) is 6.21. The first kappa shape index (κ1) is 20.6. The van der Waals surface area contributed by atoms with Crippen LogP contribution in [0.4, 0.5) is 0 Å². The van der Waals surface area contributed by atoms with Gasteiger partial charge in [0, 0.05) is 12.8 Å². The van der Waals surface area contributed by atoms with Gasteiger partial charge in [-0.15, -0.1) is 0 Å². The van der Waals surface area contributed by atoms with E-state index >= 15 is 0 Å². The molecule has 2 aromatic rings. The van der Waals surface area contributed by atoms with Crippen LogP contribution in [0.3, 0.4) is 0 Å². The Kier molecular flexibility index (Phi) is 7.12. The summed E-state index contributed by atoms with van der Waals surface area (Å²) in [5, 5.41) is 2.57. The highest BCUT2D eigenvalue weighted by Crippen LogP contribution is 2.13. The molecule has 0 unspecified atom stereocenters. The van der Waals surface area contributed by atoms with Gasteiger partial charge in [0.1, 0.15) is 6.04 Å². The normalized spacial score (nSPS) is 12.2. The summed E-state index contributed by atoms with van der Waals surface area (Å²) in [5.74, 6) is -1.42. The number of nitrogens with one attached hydrogen (secondary N) is 1. The zero-order valence-electron chi connectivity index (χ0n) is 15.3. The van der Waals surface area contributed by atoms with Crippen molar-refractivity contribution in [3.05, 3.63) is 65.7 Å². The number of hydrogen-bond acceptors (Lipinski definition) is 5. The third-order valence-corrected chi connectivity index (χ3v) is 5.81. The van der Waals surface area contributed by atoms with Gasteiger partial charge in [-0.3, -0.25) is 4.79 Å².